The number of aromatic amines is 1. The molecule has 2 rings (SSSR count). The van der Waals surface area contributed by atoms with E-state index in [0.29, 0.717) is 0 Å². The van der Waals surface area contributed by atoms with E-state index in [2.05, 4.69) is 14.4 Å². The minimum Gasteiger partial charge on any atom is -0.452 e. The van der Waals surface area contributed by atoms with Gasteiger partial charge in [-0.25, -0.2) is 4.98 Å². The summed E-state index contributed by atoms with van der Waals surface area (Å²) in [6, 6.07) is 3.89. The standard InChI is InChI=1S/C4H5N.C3H3NO/c1-2-4-5-3-1;1-2-5-3-4-1/h1-5H;1-3H. The second kappa shape index (κ2) is 4.38. The Morgan fingerprint density at radius 2 is 2.00 bits per heavy atom. The van der Waals surface area contributed by atoms with Gasteiger partial charge in [0.05, 0.1) is 6.20 Å². The van der Waals surface area contributed by atoms with Crippen LogP contribution in [0.25, 0.3) is 0 Å². The predicted octanol–water partition coefficient (Wildman–Crippen LogP) is 1.69. The van der Waals surface area contributed by atoms with E-state index in [1.54, 1.807) is 6.20 Å². The lowest BCUT2D eigenvalue weighted by atomic mass is 10.7. The Labute approximate surface area is 58.7 Å². The summed E-state index contributed by atoms with van der Waals surface area (Å²) in [5, 5.41) is 0. The Hall–Kier alpha value is -1.51. The van der Waals surface area contributed by atoms with Gasteiger partial charge in [0, 0.05) is 12.4 Å². The van der Waals surface area contributed by atoms with Gasteiger partial charge >= 0.3 is 0 Å². The monoisotopic (exact) mass is 136 g/mol. The summed E-state index contributed by atoms with van der Waals surface area (Å²) >= 11 is 0. The smallest absolute Gasteiger partial charge is 0.180 e. The summed E-state index contributed by atoms with van der Waals surface area (Å²) < 4.78 is 4.47. The molecule has 2 aromatic rings. The summed E-state index contributed by atoms with van der Waals surface area (Å²) in [5.41, 5.74) is 0. The number of oxazole rings is 1. The van der Waals surface area contributed by atoms with E-state index in [4.69, 9.17) is 0 Å². The van der Waals surface area contributed by atoms with E-state index < -0.39 is 0 Å². The summed E-state index contributed by atoms with van der Waals surface area (Å²) in [5.74, 6) is 0. The van der Waals surface area contributed by atoms with E-state index in [1.807, 2.05) is 24.5 Å². The Balaban J connectivity index is 0.0000001000. The van der Waals surface area contributed by atoms with Gasteiger partial charge < -0.3 is 9.40 Å². The zero-order chi connectivity index (χ0) is 7.07. The van der Waals surface area contributed by atoms with Gasteiger partial charge in [-0.05, 0) is 12.1 Å². The summed E-state index contributed by atoms with van der Waals surface area (Å²) in [6.07, 6.45) is 8.22. The highest BCUT2D eigenvalue weighted by Crippen LogP contribution is 1.72. The highest BCUT2D eigenvalue weighted by atomic mass is 16.3. The van der Waals surface area contributed by atoms with Gasteiger partial charge in [-0.15, -0.1) is 0 Å². The minimum absolute atomic E-state index is 1.38. The largest absolute Gasteiger partial charge is 0.452 e. The molecule has 10 heavy (non-hydrogen) atoms. The van der Waals surface area contributed by atoms with Gasteiger partial charge in [0.2, 0.25) is 0 Å². The molecule has 0 aromatic carbocycles. The van der Waals surface area contributed by atoms with E-state index >= 15 is 0 Å². The van der Waals surface area contributed by atoms with Crippen molar-refractivity contribution in [3.05, 3.63) is 43.4 Å². The first-order chi connectivity index (χ1) is 5.00. The van der Waals surface area contributed by atoms with Gasteiger partial charge in [0.25, 0.3) is 0 Å². The maximum absolute atomic E-state index is 4.47. The first-order valence-corrected chi connectivity index (χ1v) is 2.90. The number of nitrogens with zero attached hydrogens (tertiary/aromatic N) is 1. The lowest BCUT2D eigenvalue weighted by Crippen LogP contribution is -1.38. The second-order valence-electron chi connectivity index (χ2n) is 1.56. The maximum atomic E-state index is 4.47. The van der Waals surface area contributed by atoms with Crippen LogP contribution in [0.1, 0.15) is 0 Å². The highest BCUT2D eigenvalue weighted by Gasteiger charge is 1.59. The van der Waals surface area contributed by atoms with Crippen molar-refractivity contribution in [2.75, 3.05) is 0 Å². The third kappa shape index (κ3) is 2.71. The number of hydrogen-bond acceptors (Lipinski definition) is 2. The lowest BCUT2D eigenvalue weighted by molar-refractivity contribution is 0.558. The number of rotatable bonds is 0. The van der Waals surface area contributed by atoms with Crippen molar-refractivity contribution in [2.24, 2.45) is 0 Å². The molecule has 0 radical (unpaired) electrons. The van der Waals surface area contributed by atoms with Crippen LogP contribution in [0.2, 0.25) is 0 Å². The topological polar surface area (TPSA) is 41.8 Å². The Bertz CT molecular complexity index is 151. The molecule has 0 amide bonds. The molecule has 0 fully saturated rings. The lowest BCUT2D eigenvalue weighted by Gasteiger charge is -1.49. The third-order valence-electron chi connectivity index (χ3n) is 0.843. The molecule has 1 N–H and O–H groups in total. The normalized spacial score (nSPS) is 8.00. The zero-order valence-electron chi connectivity index (χ0n) is 5.40. The molecule has 0 spiro atoms. The highest BCUT2D eigenvalue weighted by molar-refractivity contribution is 4.84. The molecule has 3 nitrogen and oxygen atoms in total. The van der Waals surface area contributed by atoms with E-state index in [1.165, 1.54) is 12.7 Å². The maximum Gasteiger partial charge on any atom is 0.180 e. The average Bonchev–Trinajstić information content (AvgIpc) is 2.67. The fourth-order valence-electron chi connectivity index (χ4n) is 0.453. The molecule has 52 valence electrons. The molecule has 0 atom stereocenters. The Morgan fingerprint density at radius 3 is 2.20 bits per heavy atom. The molecule has 0 saturated heterocycles. The fraction of sp³-hybridized carbons (Fsp3) is 0. The van der Waals surface area contributed by atoms with Crippen molar-refractivity contribution < 1.29 is 4.42 Å². The van der Waals surface area contributed by atoms with E-state index in [9.17, 15) is 0 Å². The van der Waals surface area contributed by atoms with Crippen LogP contribution in [0.5, 0.6) is 0 Å². The predicted molar refractivity (Wildman–Crippen MR) is 37.3 cm³/mol. The zero-order valence-corrected chi connectivity index (χ0v) is 5.40. The number of hydrogen-bond donors (Lipinski definition) is 1. The van der Waals surface area contributed by atoms with Crippen LogP contribution in [0.4, 0.5) is 0 Å². The van der Waals surface area contributed by atoms with Crippen molar-refractivity contribution >= 4 is 0 Å². The van der Waals surface area contributed by atoms with Crippen molar-refractivity contribution in [2.45, 2.75) is 0 Å². The molecule has 0 bridgehead atoms. The van der Waals surface area contributed by atoms with Gasteiger partial charge in [-0.1, -0.05) is 0 Å². The molecule has 0 aliphatic heterocycles. The molecule has 0 unspecified atom stereocenters. The molecule has 2 heterocycles. The average molecular weight is 136 g/mol. The summed E-state index contributed by atoms with van der Waals surface area (Å²) in [6.45, 7) is 0. The molecular formula is C7H8N2O. The molecule has 0 saturated carbocycles. The van der Waals surface area contributed by atoms with E-state index in [-0.39, 0.29) is 0 Å². The number of nitrogens with one attached hydrogen (secondary N) is 1. The van der Waals surface area contributed by atoms with Crippen LogP contribution < -0.4 is 0 Å². The number of H-pyrrole nitrogens is 1. The Morgan fingerprint density at radius 1 is 1.20 bits per heavy atom. The van der Waals surface area contributed by atoms with Crippen molar-refractivity contribution in [3.8, 4) is 0 Å². The molecule has 0 aliphatic rings. The SMILES string of the molecule is c1cc[nH]c1.c1cocn1. The Kier molecular flexibility index (Phi) is 2.89. The first-order valence-electron chi connectivity index (χ1n) is 2.90. The van der Waals surface area contributed by atoms with Gasteiger partial charge in [-0.3, -0.25) is 0 Å². The van der Waals surface area contributed by atoms with Gasteiger partial charge in [-0.2, -0.15) is 0 Å². The molecule has 0 aliphatic carbocycles. The minimum atomic E-state index is 1.38. The van der Waals surface area contributed by atoms with Crippen molar-refractivity contribution in [1.29, 1.82) is 0 Å². The molecular weight excluding hydrogens is 128 g/mol. The fourth-order valence-corrected chi connectivity index (χ4v) is 0.453. The quantitative estimate of drug-likeness (QED) is 0.598. The van der Waals surface area contributed by atoms with E-state index in [0.717, 1.165) is 0 Å². The van der Waals surface area contributed by atoms with Crippen LogP contribution in [-0.4, -0.2) is 9.97 Å². The summed E-state index contributed by atoms with van der Waals surface area (Å²) in [4.78, 5) is 6.42. The van der Waals surface area contributed by atoms with Crippen LogP contribution in [0.3, 0.4) is 0 Å². The van der Waals surface area contributed by atoms with Crippen LogP contribution >= 0.6 is 0 Å². The van der Waals surface area contributed by atoms with Crippen molar-refractivity contribution in [1.82, 2.24) is 9.97 Å². The molecule has 2 aromatic heterocycles. The summed E-state index contributed by atoms with van der Waals surface area (Å²) in [7, 11) is 0. The number of aromatic nitrogens is 2. The molecule has 3 heteroatoms. The second-order valence-corrected chi connectivity index (χ2v) is 1.56. The van der Waals surface area contributed by atoms with Gasteiger partial charge in [0.1, 0.15) is 6.26 Å². The van der Waals surface area contributed by atoms with Crippen LogP contribution in [-0.2, 0) is 0 Å². The van der Waals surface area contributed by atoms with Crippen LogP contribution in [0, 0.1) is 0 Å². The van der Waals surface area contributed by atoms with Gasteiger partial charge in [0.15, 0.2) is 6.39 Å². The third-order valence-corrected chi connectivity index (χ3v) is 0.843. The van der Waals surface area contributed by atoms with Crippen LogP contribution in [0.15, 0.2) is 47.8 Å². The first kappa shape index (κ1) is 6.61. The van der Waals surface area contributed by atoms with Crippen molar-refractivity contribution in [3.63, 3.8) is 0 Å².